The first kappa shape index (κ1) is 24.6. The van der Waals surface area contributed by atoms with Crippen molar-refractivity contribution in [3.63, 3.8) is 0 Å². The number of benzene rings is 1. The molecule has 0 bridgehead atoms. The van der Waals surface area contributed by atoms with Crippen LogP contribution in [0.3, 0.4) is 0 Å². The van der Waals surface area contributed by atoms with Gasteiger partial charge in [-0.25, -0.2) is 13.1 Å². The molecular formula is C15H23ClF3N3O3S. The Labute approximate surface area is 157 Å². The highest BCUT2D eigenvalue weighted by atomic mass is 35.5. The van der Waals surface area contributed by atoms with Crippen LogP contribution in [0, 0.1) is 0 Å². The molecule has 1 aromatic rings. The van der Waals surface area contributed by atoms with Crippen LogP contribution in [0.15, 0.2) is 29.2 Å². The molecule has 11 heteroatoms. The summed E-state index contributed by atoms with van der Waals surface area (Å²) < 4.78 is 64.1. The fourth-order valence-corrected chi connectivity index (χ4v) is 3.08. The summed E-state index contributed by atoms with van der Waals surface area (Å²) in [7, 11) is -2.25. The van der Waals surface area contributed by atoms with E-state index >= 15 is 0 Å². The summed E-state index contributed by atoms with van der Waals surface area (Å²) in [6.07, 6.45) is -3.46. The summed E-state index contributed by atoms with van der Waals surface area (Å²) >= 11 is 0. The number of amides is 1. The van der Waals surface area contributed by atoms with Gasteiger partial charge in [-0.2, -0.15) is 13.2 Å². The lowest BCUT2D eigenvalue weighted by Crippen LogP contribution is -2.29. The van der Waals surface area contributed by atoms with Gasteiger partial charge in [0.2, 0.25) is 15.9 Å². The standard InChI is InChI=1S/C15H22F3N3O3S.ClH/c1-19-8-4-9-20-14(22)7-3-10-21-25(23,24)13-6-2-5-12(11-13)15(16,17)18;/h2,5-6,11,19,21H,3-4,7-10H2,1H3,(H,20,22);1H. The number of rotatable bonds is 10. The third-order valence-electron chi connectivity index (χ3n) is 3.27. The fraction of sp³-hybridized carbons (Fsp3) is 0.533. The highest BCUT2D eigenvalue weighted by molar-refractivity contribution is 7.89. The number of hydrogen-bond acceptors (Lipinski definition) is 4. The Balaban J connectivity index is 0.00000625. The van der Waals surface area contributed by atoms with Crippen LogP contribution in [-0.4, -0.2) is 41.0 Å². The lowest BCUT2D eigenvalue weighted by atomic mass is 10.2. The summed E-state index contributed by atoms with van der Waals surface area (Å²) in [5, 5.41) is 5.63. The van der Waals surface area contributed by atoms with Gasteiger partial charge in [-0.1, -0.05) is 6.07 Å². The van der Waals surface area contributed by atoms with E-state index in [1.54, 1.807) is 7.05 Å². The zero-order valence-corrected chi connectivity index (χ0v) is 15.9. The Hall–Kier alpha value is -1.36. The van der Waals surface area contributed by atoms with Gasteiger partial charge in [-0.3, -0.25) is 4.79 Å². The third-order valence-corrected chi connectivity index (χ3v) is 4.73. The summed E-state index contributed by atoms with van der Waals surface area (Å²) in [4.78, 5) is 11.1. The molecule has 1 aromatic carbocycles. The van der Waals surface area contributed by atoms with Crippen molar-refractivity contribution >= 4 is 28.3 Å². The van der Waals surface area contributed by atoms with Crippen LogP contribution in [0.5, 0.6) is 0 Å². The van der Waals surface area contributed by atoms with Crippen molar-refractivity contribution in [2.24, 2.45) is 0 Å². The zero-order valence-electron chi connectivity index (χ0n) is 14.2. The second-order valence-corrected chi connectivity index (χ2v) is 7.10. The van der Waals surface area contributed by atoms with E-state index in [1.165, 1.54) is 0 Å². The molecular weight excluding hydrogens is 395 g/mol. The van der Waals surface area contributed by atoms with Crippen molar-refractivity contribution < 1.29 is 26.4 Å². The molecule has 1 rings (SSSR count). The van der Waals surface area contributed by atoms with Gasteiger partial charge in [-0.15, -0.1) is 12.4 Å². The molecule has 0 aliphatic heterocycles. The first-order chi connectivity index (χ1) is 11.7. The number of nitrogens with one attached hydrogen (secondary N) is 3. The van der Waals surface area contributed by atoms with E-state index in [0.29, 0.717) is 12.6 Å². The van der Waals surface area contributed by atoms with Crippen molar-refractivity contribution in [1.82, 2.24) is 15.4 Å². The molecule has 0 saturated carbocycles. The van der Waals surface area contributed by atoms with Crippen LogP contribution in [-0.2, 0) is 21.0 Å². The van der Waals surface area contributed by atoms with E-state index in [-0.39, 0.29) is 37.7 Å². The van der Waals surface area contributed by atoms with E-state index in [9.17, 15) is 26.4 Å². The Morgan fingerprint density at radius 3 is 2.42 bits per heavy atom. The Morgan fingerprint density at radius 1 is 1.12 bits per heavy atom. The number of carbonyl (C=O) groups excluding carboxylic acids is 1. The van der Waals surface area contributed by atoms with Gasteiger partial charge in [-0.05, 0) is 44.6 Å². The maximum Gasteiger partial charge on any atom is 0.416 e. The van der Waals surface area contributed by atoms with E-state index < -0.39 is 26.7 Å². The van der Waals surface area contributed by atoms with Crippen molar-refractivity contribution in [3.05, 3.63) is 29.8 Å². The van der Waals surface area contributed by atoms with Crippen LogP contribution in [0.4, 0.5) is 13.2 Å². The Bertz CT molecular complexity index is 670. The van der Waals surface area contributed by atoms with Crippen molar-refractivity contribution in [3.8, 4) is 0 Å². The minimum absolute atomic E-state index is 0. The second-order valence-electron chi connectivity index (χ2n) is 5.33. The molecule has 0 spiro atoms. The molecule has 3 N–H and O–H groups in total. The highest BCUT2D eigenvalue weighted by Gasteiger charge is 2.31. The smallest absolute Gasteiger partial charge is 0.356 e. The molecule has 26 heavy (non-hydrogen) atoms. The predicted molar refractivity (Wildman–Crippen MR) is 94.7 cm³/mol. The average Bonchev–Trinajstić information content (AvgIpc) is 2.55. The monoisotopic (exact) mass is 417 g/mol. The molecule has 0 aromatic heterocycles. The van der Waals surface area contributed by atoms with Gasteiger partial charge in [0.05, 0.1) is 10.5 Å². The van der Waals surface area contributed by atoms with Gasteiger partial charge in [0, 0.05) is 19.5 Å². The molecule has 0 aliphatic rings. The number of sulfonamides is 1. The van der Waals surface area contributed by atoms with Gasteiger partial charge in [0.1, 0.15) is 0 Å². The molecule has 150 valence electrons. The Morgan fingerprint density at radius 2 is 1.81 bits per heavy atom. The number of carbonyl (C=O) groups is 1. The molecule has 0 saturated heterocycles. The van der Waals surface area contributed by atoms with Gasteiger partial charge in [0.15, 0.2) is 0 Å². The van der Waals surface area contributed by atoms with Crippen LogP contribution in [0.25, 0.3) is 0 Å². The molecule has 0 atom stereocenters. The van der Waals surface area contributed by atoms with Crippen molar-refractivity contribution in [2.45, 2.75) is 30.3 Å². The molecule has 0 aliphatic carbocycles. The lowest BCUT2D eigenvalue weighted by molar-refractivity contribution is -0.137. The van der Waals surface area contributed by atoms with Crippen molar-refractivity contribution in [1.29, 1.82) is 0 Å². The summed E-state index contributed by atoms with van der Waals surface area (Å²) in [6.45, 7) is 1.26. The molecule has 6 nitrogen and oxygen atoms in total. The van der Waals surface area contributed by atoms with Crippen LogP contribution in [0.2, 0.25) is 0 Å². The van der Waals surface area contributed by atoms with E-state index in [2.05, 4.69) is 15.4 Å². The quantitative estimate of drug-likeness (QED) is 0.507. The third kappa shape index (κ3) is 8.84. The molecule has 0 unspecified atom stereocenters. The number of alkyl halides is 3. The minimum atomic E-state index is -4.61. The summed E-state index contributed by atoms with van der Waals surface area (Å²) in [5.74, 6) is -0.200. The average molecular weight is 418 g/mol. The van der Waals surface area contributed by atoms with Crippen molar-refractivity contribution in [2.75, 3.05) is 26.7 Å². The van der Waals surface area contributed by atoms with E-state index in [1.807, 2.05) is 0 Å². The van der Waals surface area contributed by atoms with Crippen LogP contribution < -0.4 is 15.4 Å². The normalized spacial score (nSPS) is 11.7. The molecule has 0 heterocycles. The maximum atomic E-state index is 12.6. The predicted octanol–water partition coefficient (Wildman–Crippen LogP) is 1.91. The first-order valence-electron chi connectivity index (χ1n) is 7.75. The summed E-state index contributed by atoms with van der Waals surface area (Å²) in [5.41, 5.74) is -1.03. The van der Waals surface area contributed by atoms with Crippen LogP contribution in [0.1, 0.15) is 24.8 Å². The SMILES string of the molecule is CNCCCNC(=O)CCCNS(=O)(=O)c1cccc(C(F)(F)F)c1.Cl. The Kier molecular flexibility index (Phi) is 10.8. The van der Waals surface area contributed by atoms with Gasteiger partial charge < -0.3 is 10.6 Å². The van der Waals surface area contributed by atoms with Crippen LogP contribution >= 0.6 is 12.4 Å². The number of hydrogen-bond donors (Lipinski definition) is 3. The lowest BCUT2D eigenvalue weighted by Gasteiger charge is -2.10. The first-order valence-corrected chi connectivity index (χ1v) is 9.23. The molecule has 1 amide bonds. The molecule has 0 radical (unpaired) electrons. The maximum absolute atomic E-state index is 12.6. The van der Waals surface area contributed by atoms with Gasteiger partial charge in [0.25, 0.3) is 0 Å². The second kappa shape index (κ2) is 11.4. The largest absolute Gasteiger partial charge is 0.416 e. The number of halogens is 4. The highest BCUT2D eigenvalue weighted by Crippen LogP contribution is 2.30. The van der Waals surface area contributed by atoms with E-state index in [0.717, 1.165) is 31.2 Å². The van der Waals surface area contributed by atoms with E-state index in [4.69, 9.17) is 0 Å². The molecule has 0 fully saturated rings. The minimum Gasteiger partial charge on any atom is -0.356 e. The zero-order chi connectivity index (χ0) is 18.9. The summed E-state index contributed by atoms with van der Waals surface area (Å²) in [6, 6.07) is 3.51. The van der Waals surface area contributed by atoms with Gasteiger partial charge >= 0.3 is 6.18 Å². The topological polar surface area (TPSA) is 87.3 Å². The fourth-order valence-electron chi connectivity index (χ4n) is 1.96.